The quantitative estimate of drug-likeness (QED) is 0.0901. The molecule has 0 amide bonds. The van der Waals surface area contributed by atoms with Crippen molar-refractivity contribution in [2.24, 2.45) is 0 Å². The van der Waals surface area contributed by atoms with Crippen LogP contribution in [0.3, 0.4) is 0 Å². The first kappa shape index (κ1) is 59.2. The number of rotatable bonds is 16. The molecule has 0 aromatic heterocycles. The lowest BCUT2D eigenvalue weighted by Gasteiger charge is -2.41. The lowest BCUT2D eigenvalue weighted by molar-refractivity contribution is -0.181. The molecule has 1 atom stereocenters. The van der Waals surface area contributed by atoms with E-state index in [1.165, 1.54) is 0 Å². The number of fused-ring (bicyclic) bond motifs is 2. The zero-order chi connectivity index (χ0) is 49.9. The van der Waals surface area contributed by atoms with Crippen molar-refractivity contribution in [1.82, 2.24) is 9.80 Å². The van der Waals surface area contributed by atoms with Crippen LogP contribution in [0.4, 0.5) is 0 Å². The first-order valence-electron chi connectivity index (χ1n) is 22.7. The van der Waals surface area contributed by atoms with Crippen LogP contribution in [0.5, 0.6) is 11.5 Å². The second-order valence-electron chi connectivity index (χ2n) is 23.2. The molecule has 16 heteroatoms. The molecule has 1 unspecified atom stereocenters. The third kappa shape index (κ3) is 22.8. The highest BCUT2D eigenvalue weighted by atomic mass is 31.1. The maximum atomic E-state index is 11.6. The smallest absolute Gasteiger partial charge is 0.328 e. The van der Waals surface area contributed by atoms with E-state index in [1.807, 2.05) is 64.1 Å². The third-order valence-electron chi connectivity index (χ3n) is 10.2. The topological polar surface area (TPSA) is 124 Å². The van der Waals surface area contributed by atoms with E-state index in [0.717, 1.165) is 33.8 Å². The van der Waals surface area contributed by atoms with Crippen molar-refractivity contribution >= 4 is 25.7 Å². The van der Waals surface area contributed by atoms with Crippen molar-refractivity contribution < 1.29 is 51.0 Å². The highest BCUT2D eigenvalue weighted by molar-refractivity contribution is 7.17. The van der Waals surface area contributed by atoms with Crippen molar-refractivity contribution in [3.8, 4) is 11.5 Å². The van der Waals surface area contributed by atoms with Crippen LogP contribution < -0.4 is 9.47 Å². The van der Waals surface area contributed by atoms with Gasteiger partial charge in [-0.05, 0) is 101 Å². The van der Waals surface area contributed by atoms with Gasteiger partial charge in [0.1, 0.15) is 25.0 Å². The van der Waals surface area contributed by atoms with E-state index in [2.05, 4.69) is 127 Å². The van der Waals surface area contributed by atoms with Crippen molar-refractivity contribution in [2.45, 2.75) is 216 Å². The highest BCUT2D eigenvalue weighted by Crippen LogP contribution is 2.39. The number of benzene rings is 2. The molecular formula is C49H86N2O11P2Si. The average Bonchev–Trinajstić information content (AvgIpc) is 3.11. The standard InChI is InChI=1S/C33H50N2O9P2Si.2C8H18O/c1-31(2,3)47(8,9)42-21-28(35(23-41-46-37)17-25-13-11-15-27-20-39-33(6,7)44-30(25)27)18-34(22-40-45-36)16-24-12-10-14-26-19-38-32(4,5)43-29(24)26;2*1-7(2,3)9-8(4,5)6/h10-15,28H,16-23H2,1-9H3;2*1-6H3. The van der Waals surface area contributed by atoms with Crippen molar-refractivity contribution in [1.29, 1.82) is 0 Å². The van der Waals surface area contributed by atoms with Gasteiger partial charge in [0, 0.05) is 75.6 Å². The summed E-state index contributed by atoms with van der Waals surface area (Å²) in [5.41, 5.74) is 3.78. The number of para-hydroxylation sites is 2. The Bertz CT molecular complexity index is 1740. The Balaban J connectivity index is 0.000000674. The van der Waals surface area contributed by atoms with Crippen LogP contribution >= 0.6 is 17.4 Å². The molecule has 372 valence electrons. The SMILES string of the molecule is CC(C)(C)OC(C)(C)C.CC(C)(C)OC(C)(C)C.CC1(C)OCc2cccc(CN(COP=O)CC(CO[Si](C)(C)C(C)(C)C)N(COP=O)Cc3cccc4c3OC(C)(C)OC4)c2O1. The van der Waals surface area contributed by atoms with Crippen LogP contribution in [-0.2, 0) is 67.9 Å². The first-order chi connectivity index (χ1) is 29.5. The molecule has 0 fully saturated rings. The lowest BCUT2D eigenvalue weighted by Crippen LogP contribution is -2.51. The summed E-state index contributed by atoms with van der Waals surface area (Å²) in [4.78, 5) is 4.18. The van der Waals surface area contributed by atoms with Gasteiger partial charge in [-0.3, -0.25) is 18.8 Å². The lowest BCUT2D eigenvalue weighted by atomic mass is 10.1. The molecule has 0 spiro atoms. The predicted molar refractivity (Wildman–Crippen MR) is 263 cm³/mol. The Labute approximate surface area is 397 Å². The molecule has 0 saturated carbocycles. The Hall–Kier alpha value is -1.90. The molecule has 65 heavy (non-hydrogen) atoms. The summed E-state index contributed by atoms with van der Waals surface area (Å²) in [5, 5.41) is -0.00993. The molecule has 0 N–H and O–H groups in total. The normalized spacial score (nSPS) is 17.0. The van der Waals surface area contributed by atoms with E-state index in [-0.39, 0.29) is 46.9 Å². The number of hydrogen-bond donors (Lipinski definition) is 0. The minimum atomic E-state index is -2.17. The average molecular weight is 969 g/mol. The molecule has 0 aliphatic carbocycles. The maximum Gasteiger partial charge on any atom is 0.328 e. The Kier molecular flexibility index (Phi) is 21.9. The summed E-state index contributed by atoms with van der Waals surface area (Å²) in [6, 6.07) is 11.8. The molecular weight excluding hydrogens is 883 g/mol. The number of hydrogen-bond acceptors (Lipinski definition) is 13. The monoisotopic (exact) mass is 969 g/mol. The summed E-state index contributed by atoms with van der Waals surface area (Å²) in [5.74, 6) is 0.0247. The third-order valence-corrected chi connectivity index (χ3v) is 15.1. The van der Waals surface area contributed by atoms with Gasteiger partial charge in [-0.15, -0.1) is 0 Å². The van der Waals surface area contributed by atoms with Gasteiger partial charge in [-0.1, -0.05) is 57.2 Å². The van der Waals surface area contributed by atoms with Gasteiger partial charge in [0.15, 0.2) is 8.32 Å². The second kappa shape index (κ2) is 24.1. The van der Waals surface area contributed by atoms with E-state index >= 15 is 0 Å². The van der Waals surface area contributed by atoms with Gasteiger partial charge in [-0.2, -0.15) is 0 Å². The minimum absolute atomic E-state index is 0.00993. The summed E-state index contributed by atoms with van der Waals surface area (Å²) < 4.78 is 76.5. The Morgan fingerprint density at radius 1 is 0.631 bits per heavy atom. The molecule has 0 saturated heterocycles. The van der Waals surface area contributed by atoms with Gasteiger partial charge < -0.3 is 32.8 Å². The van der Waals surface area contributed by atoms with E-state index in [0.29, 0.717) is 39.5 Å². The number of nitrogens with zero attached hydrogens (tertiary/aromatic N) is 2. The van der Waals surface area contributed by atoms with E-state index in [4.69, 9.17) is 41.9 Å². The predicted octanol–water partition coefficient (Wildman–Crippen LogP) is 13.2. The van der Waals surface area contributed by atoms with Gasteiger partial charge in [0.05, 0.1) is 42.2 Å². The Morgan fingerprint density at radius 2 is 1.03 bits per heavy atom. The maximum absolute atomic E-state index is 11.6. The fourth-order valence-electron chi connectivity index (χ4n) is 7.10. The molecule has 2 aliphatic heterocycles. The van der Waals surface area contributed by atoms with Gasteiger partial charge in [0.25, 0.3) is 0 Å². The zero-order valence-corrected chi connectivity index (χ0v) is 46.8. The molecule has 2 aliphatic rings. The summed E-state index contributed by atoms with van der Waals surface area (Å²) >= 11 is 0. The summed E-state index contributed by atoms with van der Waals surface area (Å²) in [6.45, 7) is 46.2. The fraction of sp³-hybridized carbons (Fsp3) is 0.755. The van der Waals surface area contributed by atoms with Gasteiger partial charge in [-0.25, -0.2) is 9.13 Å². The van der Waals surface area contributed by atoms with E-state index < -0.39 is 37.3 Å². The molecule has 2 aromatic rings. The molecule has 0 bridgehead atoms. The van der Waals surface area contributed by atoms with Gasteiger partial charge >= 0.3 is 17.4 Å². The largest absolute Gasteiger partial charge is 0.462 e. The summed E-state index contributed by atoms with van der Waals surface area (Å²) in [7, 11) is -3.01. The van der Waals surface area contributed by atoms with Crippen molar-refractivity contribution in [3.63, 3.8) is 0 Å². The highest BCUT2D eigenvalue weighted by Gasteiger charge is 2.39. The molecule has 4 rings (SSSR count). The molecule has 2 heterocycles. The fourth-order valence-corrected chi connectivity index (χ4v) is 8.55. The van der Waals surface area contributed by atoms with Crippen LogP contribution in [-0.4, -0.2) is 84.8 Å². The zero-order valence-electron chi connectivity index (χ0n) is 44.0. The first-order valence-corrected chi connectivity index (χ1v) is 27.1. The van der Waals surface area contributed by atoms with Crippen molar-refractivity contribution in [2.75, 3.05) is 26.6 Å². The molecule has 2 aromatic carbocycles. The van der Waals surface area contributed by atoms with Crippen LogP contribution in [0.15, 0.2) is 36.4 Å². The molecule has 13 nitrogen and oxygen atoms in total. The Morgan fingerprint density at radius 3 is 1.40 bits per heavy atom. The van der Waals surface area contributed by atoms with Crippen LogP contribution in [0.1, 0.15) is 154 Å². The number of ether oxygens (including phenoxy) is 6. The molecule has 0 radical (unpaired) electrons. The van der Waals surface area contributed by atoms with Crippen LogP contribution in [0.25, 0.3) is 0 Å². The van der Waals surface area contributed by atoms with Gasteiger partial charge in [0.2, 0.25) is 11.6 Å². The summed E-state index contributed by atoms with van der Waals surface area (Å²) in [6.07, 6.45) is 0. The minimum Gasteiger partial charge on any atom is -0.462 e. The second-order valence-corrected chi connectivity index (χ2v) is 28.8. The van der Waals surface area contributed by atoms with E-state index in [1.54, 1.807) is 0 Å². The van der Waals surface area contributed by atoms with Crippen molar-refractivity contribution in [3.05, 3.63) is 58.7 Å². The van der Waals surface area contributed by atoms with Crippen LogP contribution in [0, 0.1) is 0 Å². The van der Waals surface area contributed by atoms with E-state index in [9.17, 15) is 9.13 Å². The van der Waals surface area contributed by atoms with Crippen LogP contribution in [0.2, 0.25) is 18.1 Å².